The number of phenols is 1. The Morgan fingerprint density at radius 3 is 1.66 bits per heavy atom. The van der Waals surface area contributed by atoms with Crippen LogP contribution in [0.2, 0.25) is 0 Å². The van der Waals surface area contributed by atoms with Gasteiger partial charge in [0.15, 0.2) is 6.04 Å². The molecule has 0 spiro atoms. The van der Waals surface area contributed by atoms with Gasteiger partial charge in [0, 0.05) is 100 Å². The number of aromatic hydroxyl groups is 1. The number of fused-ring (bicyclic) bond motifs is 1. The molecule has 1 aromatic heterocycles. The molecule has 35 heteroatoms. The van der Waals surface area contributed by atoms with Crippen molar-refractivity contribution in [1.82, 2.24) is 67.1 Å². The molecule has 33 nitrogen and oxygen atoms in total. The maximum Gasteiger partial charge on any atom is 0.328 e. The fraction of sp³-hybridized carbons (Fsp3) is 0.508. The summed E-state index contributed by atoms with van der Waals surface area (Å²) in [7, 11) is 1.70. The van der Waals surface area contributed by atoms with Gasteiger partial charge < -0.3 is 90.9 Å². The molecular weight excluding hydrogens is 1340 g/mol. The average Bonchev–Trinajstić information content (AvgIpc) is 1.59. The van der Waals surface area contributed by atoms with Crippen molar-refractivity contribution in [3.05, 3.63) is 102 Å². The SMILES string of the molecule is C[C@@H](O)[C@H](NC(=O)[C@@H]1CSSCC(NC(=O)[C@@H](Cc2ccccc2)NC(=O)CN2CCN(CC(N)=O)CCN(CC(N)=O)CCN(CC(N)=O)CC2)C(=O)N[C@@H](Cc2ccc(O)cc2)C(=O)NC(Cc2c[nH]c3ccccc23)C(=O)NC(CCCCN)C(=O)N[C@@H]([C@@H](C)O)C(=O)N1)C(=O)O. The summed E-state index contributed by atoms with van der Waals surface area (Å²) in [5, 5.41) is 63.4. The van der Waals surface area contributed by atoms with Gasteiger partial charge >= 0.3 is 5.97 Å². The third kappa shape index (κ3) is 26.6. The van der Waals surface area contributed by atoms with Gasteiger partial charge in [-0.3, -0.25) is 72.3 Å². The highest BCUT2D eigenvalue weighted by Gasteiger charge is 2.38. The van der Waals surface area contributed by atoms with E-state index in [1.54, 1.807) is 80.4 Å². The lowest BCUT2D eigenvalue weighted by Crippen LogP contribution is -2.62. The lowest BCUT2D eigenvalue weighted by atomic mass is 10.0. The minimum Gasteiger partial charge on any atom is -0.508 e. The average molecular weight is 1430 g/mol. The number of aromatic amines is 1. The monoisotopic (exact) mass is 1430 g/mol. The number of aliphatic carboxylic acids is 1. The fourth-order valence-electron chi connectivity index (χ4n) is 11.2. The van der Waals surface area contributed by atoms with Gasteiger partial charge in [0.1, 0.15) is 48.0 Å². The minimum absolute atomic E-state index is 0.0780. The quantitative estimate of drug-likeness (QED) is 0.0206. The number of hydrogen-bond donors (Lipinski definition) is 17. The molecule has 3 aromatic carbocycles. The third-order valence-electron chi connectivity index (χ3n) is 16.6. The van der Waals surface area contributed by atoms with Gasteiger partial charge in [-0.15, -0.1) is 0 Å². The molecule has 2 aliphatic rings. The molecule has 2 aliphatic heterocycles. The number of amides is 11. The Hall–Kier alpha value is -8.94. The van der Waals surface area contributed by atoms with Crippen LogP contribution in [-0.4, -0.2) is 273 Å². The Kier molecular flexibility index (Phi) is 32.3. The molecule has 21 N–H and O–H groups in total. The molecule has 546 valence electrons. The molecule has 0 saturated carbocycles. The first-order valence-electron chi connectivity index (χ1n) is 32.7. The lowest BCUT2D eigenvalue weighted by molar-refractivity contribution is -0.145. The van der Waals surface area contributed by atoms with Crippen LogP contribution in [0.25, 0.3) is 10.9 Å². The van der Waals surface area contributed by atoms with E-state index in [1.165, 1.54) is 31.2 Å². The van der Waals surface area contributed by atoms with E-state index >= 15 is 14.4 Å². The van der Waals surface area contributed by atoms with Gasteiger partial charge in [-0.05, 0) is 74.5 Å². The van der Waals surface area contributed by atoms with Crippen LogP contribution < -0.4 is 65.5 Å². The van der Waals surface area contributed by atoms with Crippen LogP contribution in [0.4, 0.5) is 0 Å². The fourth-order valence-corrected chi connectivity index (χ4v) is 13.5. The Labute approximate surface area is 585 Å². The number of primary amides is 3. The first-order valence-corrected chi connectivity index (χ1v) is 35.2. The zero-order valence-electron chi connectivity index (χ0n) is 55.8. The molecule has 0 bridgehead atoms. The number of carboxylic acid groups (broad SMARTS) is 1. The number of carbonyl (C=O) groups excluding carboxylic acids is 11. The van der Waals surface area contributed by atoms with Crippen LogP contribution in [0.5, 0.6) is 5.75 Å². The number of carboxylic acids is 1. The summed E-state index contributed by atoms with van der Waals surface area (Å²) in [6.07, 6.45) is -1.80. The van der Waals surface area contributed by atoms with E-state index in [0.29, 0.717) is 34.0 Å². The molecular formula is C65H93N17O16S2. The Bertz CT molecular complexity index is 3410. The normalized spacial score (nSPS) is 21.9. The number of aromatic nitrogens is 1. The van der Waals surface area contributed by atoms with Crippen molar-refractivity contribution in [3.63, 3.8) is 0 Å². The number of phenolic OH excluding ortho intramolecular Hbond substituents is 1. The summed E-state index contributed by atoms with van der Waals surface area (Å²) in [6.45, 7) is 3.46. The van der Waals surface area contributed by atoms with Gasteiger partial charge in [-0.1, -0.05) is 82.3 Å². The summed E-state index contributed by atoms with van der Waals surface area (Å²) < 4.78 is 0. The first-order chi connectivity index (χ1) is 47.7. The highest BCUT2D eigenvalue weighted by molar-refractivity contribution is 8.76. The van der Waals surface area contributed by atoms with Crippen LogP contribution in [0.3, 0.4) is 0 Å². The number of hydrogen-bond acceptors (Lipinski definition) is 22. The molecule has 100 heavy (non-hydrogen) atoms. The predicted octanol–water partition coefficient (Wildman–Crippen LogP) is -5.17. The predicted molar refractivity (Wildman–Crippen MR) is 372 cm³/mol. The van der Waals surface area contributed by atoms with Crippen LogP contribution in [-0.2, 0) is 76.8 Å². The van der Waals surface area contributed by atoms with E-state index in [2.05, 4.69) is 47.5 Å². The summed E-state index contributed by atoms with van der Waals surface area (Å²) >= 11 is 0. The van der Waals surface area contributed by atoms with Gasteiger partial charge in [-0.2, -0.15) is 0 Å². The second-order valence-electron chi connectivity index (χ2n) is 24.7. The van der Waals surface area contributed by atoms with Gasteiger partial charge in [0.2, 0.25) is 65.0 Å². The highest BCUT2D eigenvalue weighted by Crippen LogP contribution is 2.25. The van der Waals surface area contributed by atoms with Gasteiger partial charge in [-0.25, -0.2) is 4.79 Å². The number of nitrogens with zero attached hydrogens (tertiary/aromatic N) is 4. The van der Waals surface area contributed by atoms with E-state index in [1.807, 2.05) is 0 Å². The lowest BCUT2D eigenvalue weighted by Gasteiger charge is -2.33. The topological polar surface area (TPSA) is 515 Å². The molecule has 2 saturated heterocycles. The minimum atomic E-state index is -1.90. The Balaban J connectivity index is 1.41. The van der Waals surface area contributed by atoms with E-state index in [4.69, 9.17) is 22.9 Å². The number of H-pyrrole nitrogens is 1. The highest BCUT2D eigenvalue weighted by atomic mass is 33.1. The molecule has 3 heterocycles. The second-order valence-corrected chi connectivity index (χ2v) is 27.3. The van der Waals surface area contributed by atoms with Crippen LogP contribution in [0, 0.1) is 0 Å². The Morgan fingerprint density at radius 1 is 0.590 bits per heavy atom. The maximum atomic E-state index is 15.3. The van der Waals surface area contributed by atoms with Crippen molar-refractivity contribution < 1.29 is 78.0 Å². The summed E-state index contributed by atoms with van der Waals surface area (Å²) in [5.74, 6) is -12.1. The Morgan fingerprint density at radius 2 is 1.11 bits per heavy atom. The number of rotatable bonds is 26. The van der Waals surface area contributed by atoms with E-state index in [9.17, 15) is 63.6 Å². The largest absolute Gasteiger partial charge is 0.508 e. The number of carbonyl (C=O) groups is 12. The summed E-state index contributed by atoms with van der Waals surface area (Å²) in [6, 6.07) is 8.29. The van der Waals surface area contributed by atoms with Gasteiger partial charge in [0.25, 0.3) is 0 Å². The second kappa shape index (κ2) is 40.3. The first kappa shape index (κ1) is 80.0. The number of unbranched alkanes of at least 4 members (excludes halogenated alkanes) is 1. The van der Waals surface area contributed by atoms with Crippen LogP contribution in [0.1, 0.15) is 49.8 Å². The maximum absolute atomic E-state index is 15.3. The van der Waals surface area contributed by atoms with Crippen molar-refractivity contribution in [3.8, 4) is 5.75 Å². The number of aliphatic hydroxyl groups is 2. The number of benzene rings is 3. The van der Waals surface area contributed by atoms with Crippen LogP contribution >= 0.6 is 21.6 Å². The number of aliphatic hydroxyl groups excluding tert-OH is 2. The third-order valence-corrected chi connectivity index (χ3v) is 19.0. The van der Waals surface area contributed by atoms with Crippen molar-refractivity contribution in [2.75, 3.05) is 96.6 Å². The number of nitrogens with one attached hydrogen (secondary N) is 9. The zero-order valence-corrected chi connectivity index (χ0v) is 57.4. The van der Waals surface area contributed by atoms with Crippen molar-refractivity contribution in [1.29, 1.82) is 0 Å². The molecule has 6 rings (SSSR count). The van der Waals surface area contributed by atoms with E-state index < -0.39 is 143 Å². The van der Waals surface area contributed by atoms with E-state index in [-0.39, 0.29) is 123 Å². The molecule has 4 aromatic rings. The molecule has 0 radical (unpaired) electrons. The smallest absolute Gasteiger partial charge is 0.328 e. The van der Waals surface area contributed by atoms with Crippen LogP contribution in [0.15, 0.2) is 85.1 Å². The molecule has 3 unspecified atom stereocenters. The van der Waals surface area contributed by atoms with Crippen molar-refractivity contribution in [2.45, 2.75) is 113 Å². The van der Waals surface area contributed by atoms with Crippen molar-refractivity contribution in [2.24, 2.45) is 22.9 Å². The van der Waals surface area contributed by atoms with Crippen molar-refractivity contribution >= 4 is 103 Å². The van der Waals surface area contributed by atoms with E-state index in [0.717, 1.165) is 28.5 Å². The van der Waals surface area contributed by atoms with Gasteiger partial charge in [0.05, 0.1) is 38.4 Å². The molecule has 0 aliphatic carbocycles. The standard InChI is InChI=1S/C65H93N17O16S2/c1-38(83)56-64(96)76-51(63(95)78-57(39(2)84)65(97)98)37-100-99-36-50(75-59(91)47(28-40-10-4-3-5-11-40)71-55(89)35-82-26-24-80(33-53(68)87)22-20-79(32-52(67)86)21-23-81(25-27-82)34-54(69)88)62(94)73-48(29-41-15-17-43(85)18-16-41)60(92)74-49(30-42-31-70-45-13-7-6-12-44(42)45)61(93)72-46(58(90)77-56)14-8-9-19-66/h3-7,10-13,15-18,31,38-39,46-51,56-57,70,83-85H,8-9,14,19-30,32-37,66H2,1-2H3,(H2,67,86)(H2,68,87)(H2,69,88)(H,71,89)(H,72,93)(H,73,94)(H,74,92)(H,75,91)(H,76,96)(H,77,90)(H,78,95)(H,97,98)/t38-,39-,46?,47-,48+,49?,50?,51+,56+,57+/m1/s1. The molecule has 2 fully saturated rings. The number of para-hydroxylation sites is 1. The summed E-state index contributed by atoms with van der Waals surface area (Å²) in [5.41, 5.74) is 24.9. The molecule has 11 amide bonds. The number of nitrogens with two attached hydrogens (primary N) is 4. The zero-order chi connectivity index (χ0) is 73.0. The molecule has 10 atom stereocenters. The summed E-state index contributed by atoms with van der Waals surface area (Å²) in [4.78, 5) is 177.